The van der Waals surface area contributed by atoms with Gasteiger partial charge in [-0.2, -0.15) is 0 Å². The zero-order valence-electron chi connectivity index (χ0n) is 13.2. The van der Waals surface area contributed by atoms with Crippen molar-refractivity contribution in [1.29, 1.82) is 0 Å². The van der Waals surface area contributed by atoms with Gasteiger partial charge in [-0.05, 0) is 39.2 Å². The number of ether oxygens (including phenoxy) is 1. The fraction of sp³-hybridized carbons (Fsp3) is 0.625. The number of nitrogens with zero attached hydrogens (tertiary/aromatic N) is 1. The lowest BCUT2D eigenvalue weighted by Gasteiger charge is -2.34. The van der Waals surface area contributed by atoms with E-state index in [0.29, 0.717) is 18.8 Å². The summed E-state index contributed by atoms with van der Waals surface area (Å²) in [4.78, 5) is 16.8. The Hall–Kier alpha value is -1.62. The number of amides is 1. The molecule has 5 nitrogen and oxygen atoms in total. The van der Waals surface area contributed by atoms with Gasteiger partial charge in [-0.1, -0.05) is 6.92 Å². The molecule has 2 rings (SSSR count). The molecule has 21 heavy (non-hydrogen) atoms. The molecular formula is C16H25N3O2. The van der Waals surface area contributed by atoms with Gasteiger partial charge in [0.25, 0.3) is 5.91 Å². The maximum Gasteiger partial charge on any atom is 0.255 e. The summed E-state index contributed by atoms with van der Waals surface area (Å²) in [6.07, 6.45) is 4.36. The monoisotopic (exact) mass is 291 g/mol. The molecule has 1 aliphatic rings. The smallest absolute Gasteiger partial charge is 0.255 e. The number of rotatable bonds is 5. The second-order valence-corrected chi connectivity index (χ2v) is 5.93. The molecule has 0 radical (unpaired) electrons. The van der Waals surface area contributed by atoms with Gasteiger partial charge in [0.05, 0.1) is 11.3 Å². The number of carbonyl (C=O) groups is 1. The number of pyridine rings is 1. The summed E-state index contributed by atoms with van der Waals surface area (Å²) in [5, 5.41) is 6.46. The van der Waals surface area contributed by atoms with Crippen LogP contribution in [0.2, 0.25) is 0 Å². The molecule has 116 valence electrons. The molecule has 1 saturated heterocycles. The molecule has 0 aliphatic carbocycles. The van der Waals surface area contributed by atoms with E-state index in [1.807, 2.05) is 13.0 Å². The van der Waals surface area contributed by atoms with Crippen LogP contribution >= 0.6 is 0 Å². The molecule has 0 spiro atoms. The molecule has 1 aromatic heterocycles. The summed E-state index contributed by atoms with van der Waals surface area (Å²) in [7, 11) is 0. The van der Waals surface area contributed by atoms with Gasteiger partial charge in [-0.15, -0.1) is 0 Å². The van der Waals surface area contributed by atoms with E-state index in [2.05, 4.69) is 29.5 Å². The molecule has 1 fully saturated rings. The van der Waals surface area contributed by atoms with Crippen LogP contribution in [0.15, 0.2) is 12.3 Å². The van der Waals surface area contributed by atoms with Crippen molar-refractivity contribution in [3.63, 3.8) is 0 Å². The Morgan fingerprint density at radius 1 is 1.43 bits per heavy atom. The molecule has 0 saturated carbocycles. The van der Waals surface area contributed by atoms with Gasteiger partial charge < -0.3 is 15.4 Å². The van der Waals surface area contributed by atoms with Crippen LogP contribution in [0.1, 0.15) is 49.2 Å². The molecule has 2 N–H and O–H groups in total. The lowest BCUT2D eigenvalue weighted by molar-refractivity contribution is 0.0423. The third-order valence-electron chi connectivity index (χ3n) is 3.86. The standard InChI is InChI=1S/C16H25N3O2/c1-4-7-17-14-10-12(2)18-11-13(14)15(20)19-16(3)5-8-21-9-6-16/h10-11H,4-9H2,1-3H3,(H,17,18)(H,19,20). The highest BCUT2D eigenvalue weighted by molar-refractivity contribution is 5.99. The Labute approximate surface area is 126 Å². The maximum atomic E-state index is 12.6. The van der Waals surface area contributed by atoms with Crippen LogP contribution < -0.4 is 10.6 Å². The minimum atomic E-state index is -0.192. The number of hydrogen-bond donors (Lipinski definition) is 2. The molecule has 1 aromatic rings. The number of aryl methyl sites for hydroxylation is 1. The van der Waals surface area contributed by atoms with E-state index in [1.165, 1.54) is 0 Å². The van der Waals surface area contributed by atoms with Crippen LogP contribution in [0.25, 0.3) is 0 Å². The van der Waals surface area contributed by atoms with Crippen LogP contribution in [0.3, 0.4) is 0 Å². The molecule has 0 aromatic carbocycles. The molecule has 5 heteroatoms. The predicted octanol–water partition coefficient (Wildman–Crippen LogP) is 2.51. The predicted molar refractivity (Wildman–Crippen MR) is 83.7 cm³/mol. The average Bonchev–Trinajstić information content (AvgIpc) is 2.45. The molecule has 1 aliphatic heterocycles. The van der Waals surface area contributed by atoms with E-state index in [9.17, 15) is 4.79 Å². The van der Waals surface area contributed by atoms with Crippen LogP contribution in [0.5, 0.6) is 0 Å². The largest absolute Gasteiger partial charge is 0.384 e. The summed E-state index contributed by atoms with van der Waals surface area (Å²) < 4.78 is 5.37. The number of anilines is 1. The highest BCUT2D eigenvalue weighted by Crippen LogP contribution is 2.22. The first-order valence-electron chi connectivity index (χ1n) is 7.65. The van der Waals surface area contributed by atoms with Gasteiger partial charge in [0.1, 0.15) is 0 Å². The Bertz CT molecular complexity index is 496. The first-order chi connectivity index (χ1) is 10.0. The second kappa shape index (κ2) is 6.89. The van der Waals surface area contributed by atoms with Crippen LogP contribution in [-0.4, -0.2) is 36.2 Å². The van der Waals surface area contributed by atoms with Crippen LogP contribution in [0.4, 0.5) is 5.69 Å². The van der Waals surface area contributed by atoms with Gasteiger partial charge in [0.15, 0.2) is 0 Å². The summed E-state index contributed by atoms with van der Waals surface area (Å²) in [6.45, 7) is 8.35. The minimum absolute atomic E-state index is 0.0643. The third-order valence-corrected chi connectivity index (χ3v) is 3.86. The maximum absolute atomic E-state index is 12.6. The van der Waals surface area contributed by atoms with Crippen molar-refractivity contribution in [3.05, 3.63) is 23.5 Å². The zero-order chi connectivity index (χ0) is 15.3. The average molecular weight is 291 g/mol. The van der Waals surface area contributed by atoms with Crippen molar-refractivity contribution in [1.82, 2.24) is 10.3 Å². The van der Waals surface area contributed by atoms with E-state index in [1.54, 1.807) is 6.20 Å². The highest BCUT2D eigenvalue weighted by atomic mass is 16.5. The summed E-state index contributed by atoms with van der Waals surface area (Å²) in [5.41, 5.74) is 2.18. The molecular weight excluding hydrogens is 266 g/mol. The second-order valence-electron chi connectivity index (χ2n) is 5.93. The molecule has 2 heterocycles. The van der Waals surface area contributed by atoms with Crippen molar-refractivity contribution in [3.8, 4) is 0 Å². The molecule has 1 amide bonds. The lowest BCUT2D eigenvalue weighted by Crippen LogP contribution is -2.49. The number of hydrogen-bond acceptors (Lipinski definition) is 4. The van der Waals surface area contributed by atoms with Crippen molar-refractivity contribution < 1.29 is 9.53 Å². The van der Waals surface area contributed by atoms with Gasteiger partial charge >= 0.3 is 0 Å². The normalized spacial score (nSPS) is 17.3. The zero-order valence-corrected chi connectivity index (χ0v) is 13.2. The Morgan fingerprint density at radius 2 is 2.14 bits per heavy atom. The number of nitrogens with one attached hydrogen (secondary N) is 2. The van der Waals surface area contributed by atoms with Gasteiger partial charge in [0.2, 0.25) is 0 Å². The van der Waals surface area contributed by atoms with E-state index in [0.717, 1.165) is 37.2 Å². The van der Waals surface area contributed by atoms with Gasteiger partial charge in [-0.3, -0.25) is 9.78 Å². The number of aromatic nitrogens is 1. The first kappa shape index (κ1) is 15.8. The molecule has 0 bridgehead atoms. The van der Waals surface area contributed by atoms with E-state index in [4.69, 9.17) is 4.74 Å². The summed E-state index contributed by atoms with van der Waals surface area (Å²) in [5.74, 6) is -0.0643. The highest BCUT2D eigenvalue weighted by Gasteiger charge is 2.30. The Kier molecular flexibility index (Phi) is 5.17. The summed E-state index contributed by atoms with van der Waals surface area (Å²) in [6, 6.07) is 1.93. The van der Waals surface area contributed by atoms with Crippen molar-refractivity contribution in [2.45, 2.75) is 45.6 Å². The Balaban J connectivity index is 2.14. The van der Waals surface area contributed by atoms with Crippen LogP contribution in [0, 0.1) is 6.92 Å². The van der Waals surface area contributed by atoms with Gasteiger partial charge in [0, 0.05) is 37.2 Å². The minimum Gasteiger partial charge on any atom is -0.384 e. The van der Waals surface area contributed by atoms with E-state index >= 15 is 0 Å². The quantitative estimate of drug-likeness (QED) is 0.875. The van der Waals surface area contributed by atoms with Gasteiger partial charge in [-0.25, -0.2) is 0 Å². The first-order valence-corrected chi connectivity index (χ1v) is 7.65. The number of carbonyl (C=O) groups excluding carboxylic acids is 1. The topological polar surface area (TPSA) is 63.2 Å². The van der Waals surface area contributed by atoms with Crippen molar-refractivity contribution in [2.24, 2.45) is 0 Å². The van der Waals surface area contributed by atoms with Crippen LogP contribution in [-0.2, 0) is 4.74 Å². The molecule has 0 atom stereocenters. The van der Waals surface area contributed by atoms with E-state index < -0.39 is 0 Å². The van der Waals surface area contributed by atoms with E-state index in [-0.39, 0.29) is 11.4 Å². The Morgan fingerprint density at radius 3 is 2.81 bits per heavy atom. The van der Waals surface area contributed by atoms with Crippen molar-refractivity contribution in [2.75, 3.05) is 25.1 Å². The fourth-order valence-corrected chi connectivity index (χ4v) is 2.44. The fourth-order valence-electron chi connectivity index (χ4n) is 2.44. The summed E-state index contributed by atoms with van der Waals surface area (Å²) >= 11 is 0. The third kappa shape index (κ3) is 4.17. The SMILES string of the molecule is CCCNc1cc(C)ncc1C(=O)NC1(C)CCOCC1. The molecule has 0 unspecified atom stereocenters. The van der Waals surface area contributed by atoms with Crippen molar-refractivity contribution >= 4 is 11.6 Å². The lowest BCUT2D eigenvalue weighted by atomic mass is 9.92.